The molecule has 0 atom stereocenters. The van der Waals surface area contributed by atoms with Crippen molar-refractivity contribution < 1.29 is 19.6 Å². The molecule has 0 bridgehead atoms. The maximum atomic E-state index is 13.0. The molecule has 31 heavy (non-hydrogen) atoms. The summed E-state index contributed by atoms with van der Waals surface area (Å²) < 4.78 is 5.60. The van der Waals surface area contributed by atoms with Gasteiger partial charge in [-0.2, -0.15) is 5.10 Å². The van der Waals surface area contributed by atoms with E-state index in [1.165, 1.54) is 19.4 Å². The number of amides is 1. The number of benzene rings is 3. The zero-order valence-corrected chi connectivity index (χ0v) is 18.5. The van der Waals surface area contributed by atoms with Crippen LogP contribution in [0.4, 0.5) is 5.69 Å². The number of hydrazone groups is 1. The molecular formula is C22H18IN3O5. The van der Waals surface area contributed by atoms with Gasteiger partial charge in [0.2, 0.25) is 5.75 Å². The average Bonchev–Trinajstić information content (AvgIpc) is 2.79. The van der Waals surface area contributed by atoms with Crippen LogP contribution in [0.3, 0.4) is 0 Å². The Hall–Kier alpha value is -3.31. The lowest BCUT2D eigenvalue weighted by atomic mass is 9.85. The fourth-order valence-corrected chi connectivity index (χ4v) is 3.90. The van der Waals surface area contributed by atoms with Crippen LogP contribution in [-0.4, -0.2) is 29.3 Å². The van der Waals surface area contributed by atoms with E-state index in [4.69, 9.17) is 4.74 Å². The summed E-state index contributed by atoms with van der Waals surface area (Å²) in [6.07, 6.45) is 1.27. The van der Waals surface area contributed by atoms with Crippen molar-refractivity contribution in [1.82, 2.24) is 5.43 Å². The number of halogens is 1. The van der Waals surface area contributed by atoms with Crippen LogP contribution >= 0.6 is 22.6 Å². The van der Waals surface area contributed by atoms with Crippen LogP contribution in [0.5, 0.6) is 5.75 Å². The van der Waals surface area contributed by atoms with Crippen LogP contribution < -0.4 is 10.2 Å². The molecule has 0 unspecified atom stereocenters. The molecule has 3 rings (SSSR count). The molecule has 3 aromatic rings. The SMILES string of the molecule is COc1c(I)cc(/C=N\NC(=O)C(O)(c2ccccc2)c2ccccc2)cc1[N+](=O)[O-]. The lowest BCUT2D eigenvalue weighted by Crippen LogP contribution is -2.43. The summed E-state index contributed by atoms with van der Waals surface area (Å²) in [5, 5.41) is 26.5. The summed E-state index contributed by atoms with van der Waals surface area (Å²) in [5.41, 5.74) is 1.30. The topological polar surface area (TPSA) is 114 Å². The highest BCUT2D eigenvalue weighted by molar-refractivity contribution is 14.1. The van der Waals surface area contributed by atoms with Crippen molar-refractivity contribution in [3.63, 3.8) is 0 Å². The lowest BCUT2D eigenvalue weighted by molar-refractivity contribution is -0.385. The Morgan fingerprint density at radius 2 is 1.68 bits per heavy atom. The van der Waals surface area contributed by atoms with Crippen LogP contribution in [0.15, 0.2) is 77.9 Å². The number of nitro benzene ring substituents is 1. The average molecular weight is 531 g/mol. The van der Waals surface area contributed by atoms with Crippen molar-refractivity contribution in [2.45, 2.75) is 5.60 Å². The molecule has 2 N–H and O–H groups in total. The summed E-state index contributed by atoms with van der Waals surface area (Å²) in [7, 11) is 1.35. The van der Waals surface area contributed by atoms with E-state index < -0.39 is 16.4 Å². The first kappa shape index (κ1) is 22.4. The molecule has 3 aromatic carbocycles. The van der Waals surface area contributed by atoms with Crippen LogP contribution in [0, 0.1) is 13.7 Å². The number of ether oxygens (including phenoxy) is 1. The summed E-state index contributed by atoms with van der Waals surface area (Å²) >= 11 is 1.92. The zero-order valence-electron chi connectivity index (χ0n) is 16.4. The van der Waals surface area contributed by atoms with Gasteiger partial charge in [0.05, 0.1) is 21.8 Å². The molecule has 0 aliphatic heterocycles. The monoisotopic (exact) mass is 531 g/mol. The van der Waals surface area contributed by atoms with Crippen molar-refractivity contribution in [2.24, 2.45) is 5.10 Å². The molecule has 8 nitrogen and oxygen atoms in total. The quantitative estimate of drug-likeness (QED) is 0.209. The maximum absolute atomic E-state index is 13.0. The van der Waals surface area contributed by atoms with Gasteiger partial charge >= 0.3 is 5.69 Å². The van der Waals surface area contributed by atoms with E-state index >= 15 is 0 Å². The molecule has 0 spiro atoms. The first-order valence-corrected chi connectivity index (χ1v) is 10.1. The fraction of sp³-hybridized carbons (Fsp3) is 0.0909. The predicted molar refractivity (Wildman–Crippen MR) is 124 cm³/mol. The second-order valence-electron chi connectivity index (χ2n) is 6.45. The van der Waals surface area contributed by atoms with Gasteiger partial charge in [-0.15, -0.1) is 0 Å². The Labute approximate surface area is 191 Å². The number of nitrogens with zero attached hydrogens (tertiary/aromatic N) is 2. The van der Waals surface area contributed by atoms with E-state index in [-0.39, 0.29) is 11.4 Å². The first-order valence-electron chi connectivity index (χ1n) is 9.06. The van der Waals surface area contributed by atoms with Crippen molar-refractivity contribution >= 4 is 40.4 Å². The Morgan fingerprint density at radius 3 is 2.16 bits per heavy atom. The number of nitro groups is 1. The minimum Gasteiger partial charge on any atom is -0.489 e. The van der Waals surface area contributed by atoms with Crippen molar-refractivity contribution in [3.05, 3.63) is 103 Å². The summed E-state index contributed by atoms with van der Waals surface area (Å²) in [5.74, 6) is -0.617. The molecule has 0 saturated carbocycles. The fourth-order valence-electron chi connectivity index (χ4n) is 3.05. The van der Waals surface area contributed by atoms with Gasteiger partial charge in [-0.05, 0) is 39.8 Å². The Bertz CT molecular complexity index is 1080. The second-order valence-corrected chi connectivity index (χ2v) is 7.62. The van der Waals surface area contributed by atoms with Crippen molar-refractivity contribution in [3.8, 4) is 5.75 Å². The minimum atomic E-state index is -1.97. The third kappa shape index (κ3) is 4.72. The number of rotatable bonds is 7. The number of hydrogen-bond donors (Lipinski definition) is 2. The minimum absolute atomic E-state index is 0.148. The molecule has 158 valence electrons. The number of carbonyl (C=O) groups is 1. The van der Waals surface area contributed by atoms with Crippen LogP contribution in [0.2, 0.25) is 0 Å². The number of hydrogen-bond acceptors (Lipinski definition) is 6. The molecule has 9 heteroatoms. The van der Waals surface area contributed by atoms with Gasteiger partial charge in [0, 0.05) is 11.6 Å². The Kier molecular flexibility index (Phi) is 6.98. The third-order valence-electron chi connectivity index (χ3n) is 4.54. The molecule has 0 fully saturated rings. The Balaban J connectivity index is 1.90. The molecule has 0 saturated heterocycles. The van der Waals surface area contributed by atoms with Gasteiger partial charge < -0.3 is 9.84 Å². The summed E-state index contributed by atoms with van der Waals surface area (Å²) in [6, 6.07) is 19.9. The van der Waals surface area contributed by atoms with Gasteiger partial charge in [-0.25, -0.2) is 5.43 Å². The van der Waals surface area contributed by atoms with Crippen LogP contribution in [0.25, 0.3) is 0 Å². The standard InChI is InChI=1S/C22H18IN3O5/c1-31-20-18(23)12-15(13-19(20)26(29)30)14-24-25-21(27)22(28,16-8-4-2-5-9-16)17-10-6-3-7-11-17/h2-14,28H,1H3,(H,25,27)/b24-14-. The molecule has 0 radical (unpaired) electrons. The number of nitrogens with one attached hydrogen (secondary N) is 1. The number of carbonyl (C=O) groups excluding carboxylic acids is 1. The summed E-state index contributed by atoms with van der Waals surface area (Å²) in [6.45, 7) is 0. The normalized spacial score (nSPS) is 11.3. The third-order valence-corrected chi connectivity index (χ3v) is 5.34. The highest BCUT2D eigenvalue weighted by Crippen LogP contribution is 2.33. The van der Waals surface area contributed by atoms with Gasteiger partial charge in [-0.3, -0.25) is 14.9 Å². The molecule has 0 aliphatic carbocycles. The molecule has 1 amide bonds. The first-order chi connectivity index (χ1) is 14.9. The largest absolute Gasteiger partial charge is 0.489 e. The number of methoxy groups -OCH3 is 1. The second kappa shape index (κ2) is 9.67. The van der Waals surface area contributed by atoms with E-state index in [0.29, 0.717) is 20.3 Å². The van der Waals surface area contributed by atoms with Crippen molar-refractivity contribution in [2.75, 3.05) is 7.11 Å². The van der Waals surface area contributed by atoms with Gasteiger partial charge in [0.25, 0.3) is 5.91 Å². The van der Waals surface area contributed by atoms with E-state index in [1.807, 2.05) is 22.6 Å². The van der Waals surface area contributed by atoms with E-state index in [1.54, 1.807) is 66.7 Å². The highest BCUT2D eigenvalue weighted by atomic mass is 127. The zero-order chi connectivity index (χ0) is 22.4. The maximum Gasteiger partial charge on any atom is 0.312 e. The number of aliphatic hydroxyl groups is 1. The van der Waals surface area contributed by atoms with Gasteiger partial charge in [0.1, 0.15) is 0 Å². The van der Waals surface area contributed by atoms with Crippen LogP contribution in [-0.2, 0) is 10.4 Å². The summed E-state index contributed by atoms with van der Waals surface area (Å²) in [4.78, 5) is 23.7. The van der Waals surface area contributed by atoms with Gasteiger partial charge in [-0.1, -0.05) is 60.7 Å². The Morgan fingerprint density at radius 1 is 1.13 bits per heavy atom. The predicted octanol–water partition coefficient (Wildman–Crippen LogP) is 3.59. The molecular weight excluding hydrogens is 513 g/mol. The van der Waals surface area contributed by atoms with E-state index in [0.717, 1.165) is 0 Å². The molecule has 0 aliphatic rings. The molecule has 0 aromatic heterocycles. The lowest BCUT2D eigenvalue weighted by Gasteiger charge is -2.27. The highest BCUT2D eigenvalue weighted by Gasteiger charge is 2.39. The van der Waals surface area contributed by atoms with E-state index in [2.05, 4.69) is 10.5 Å². The van der Waals surface area contributed by atoms with Gasteiger partial charge in [0.15, 0.2) is 5.60 Å². The smallest absolute Gasteiger partial charge is 0.312 e. The van der Waals surface area contributed by atoms with Crippen LogP contribution in [0.1, 0.15) is 16.7 Å². The van der Waals surface area contributed by atoms with E-state index in [9.17, 15) is 20.0 Å². The molecule has 0 heterocycles. The van der Waals surface area contributed by atoms with Crippen molar-refractivity contribution in [1.29, 1.82) is 0 Å².